The van der Waals surface area contributed by atoms with Crippen molar-refractivity contribution >= 4 is 11.0 Å². The van der Waals surface area contributed by atoms with E-state index in [4.69, 9.17) is 13.9 Å². The molecule has 11 nitrogen and oxygen atoms in total. The highest BCUT2D eigenvalue weighted by Crippen LogP contribution is 2.36. The summed E-state index contributed by atoms with van der Waals surface area (Å²) < 4.78 is 16.3. The number of fused-ring (bicyclic) bond motifs is 1. The Labute approximate surface area is 179 Å². The molecule has 2 heterocycles. The van der Waals surface area contributed by atoms with Gasteiger partial charge in [0.2, 0.25) is 17.5 Å². The predicted octanol–water partition coefficient (Wildman–Crippen LogP) is -0.245. The van der Waals surface area contributed by atoms with Crippen LogP contribution in [0.2, 0.25) is 0 Å². The van der Waals surface area contributed by atoms with Gasteiger partial charge < -0.3 is 49.6 Å². The van der Waals surface area contributed by atoms with E-state index in [0.29, 0.717) is 0 Å². The number of benzene rings is 2. The minimum Gasteiger partial charge on any atom is -0.508 e. The van der Waals surface area contributed by atoms with Crippen molar-refractivity contribution in [1.82, 2.24) is 0 Å². The van der Waals surface area contributed by atoms with Crippen LogP contribution < -0.4 is 10.2 Å². The number of aromatic hydroxyl groups is 3. The van der Waals surface area contributed by atoms with E-state index in [9.17, 15) is 40.5 Å². The molecular formula is C21H20O11. The van der Waals surface area contributed by atoms with Crippen LogP contribution in [0.15, 0.2) is 45.6 Å². The SMILES string of the molecule is O=c1c(O)c(-c2ccc(O)cc2)oc2cc(O[C@@H]3O[C@@H](CO)[C@@H](O)[C@@H](O)[C@H]3O)cc(O)c12. The van der Waals surface area contributed by atoms with E-state index in [1.165, 1.54) is 30.3 Å². The maximum Gasteiger partial charge on any atom is 0.238 e. The standard InChI is InChI=1S/C21H20O11/c22-7-13-15(25)17(27)19(29)21(32-13)30-10-5-11(24)14-12(6-10)31-20(18(28)16(14)26)8-1-3-9(23)4-2-8/h1-6,13,15,17,19,21-25,27-29H,7H2/t13-,15+,17+,19+,21+/m0/s1. The Balaban J connectivity index is 1.75. The molecule has 0 saturated carbocycles. The van der Waals surface area contributed by atoms with Gasteiger partial charge in [-0.15, -0.1) is 0 Å². The van der Waals surface area contributed by atoms with Crippen LogP contribution in [0, 0.1) is 0 Å². The molecular weight excluding hydrogens is 428 g/mol. The third-order valence-electron chi connectivity index (χ3n) is 5.15. The van der Waals surface area contributed by atoms with Gasteiger partial charge in [0.05, 0.1) is 6.61 Å². The average molecular weight is 448 g/mol. The molecule has 11 heteroatoms. The summed E-state index contributed by atoms with van der Waals surface area (Å²) in [5, 5.41) is 68.9. The lowest BCUT2D eigenvalue weighted by Crippen LogP contribution is -2.60. The number of phenols is 2. The normalized spacial score (nSPS) is 25.7. The molecule has 1 aromatic heterocycles. The fourth-order valence-electron chi connectivity index (χ4n) is 3.44. The van der Waals surface area contributed by atoms with E-state index in [0.717, 1.165) is 6.07 Å². The molecule has 4 rings (SSSR count). The molecule has 1 fully saturated rings. The van der Waals surface area contributed by atoms with Gasteiger partial charge in [-0.2, -0.15) is 0 Å². The highest BCUT2D eigenvalue weighted by Gasteiger charge is 2.44. The second kappa shape index (κ2) is 8.30. The Morgan fingerprint density at radius 1 is 0.938 bits per heavy atom. The number of aliphatic hydroxyl groups excluding tert-OH is 4. The monoisotopic (exact) mass is 448 g/mol. The van der Waals surface area contributed by atoms with Crippen molar-refractivity contribution in [2.45, 2.75) is 30.7 Å². The third-order valence-corrected chi connectivity index (χ3v) is 5.15. The van der Waals surface area contributed by atoms with Crippen LogP contribution in [0.25, 0.3) is 22.3 Å². The number of hydrogen-bond donors (Lipinski definition) is 7. The first kappa shape index (κ1) is 21.9. The van der Waals surface area contributed by atoms with E-state index >= 15 is 0 Å². The summed E-state index contributed by atoms with van der Waals surface area (Å²) in [6, 6.07) is 7.69. The summed E-state index contributed by atoms with van der Waals surface area (Å²) in [5.41, 5.74) is -0.805. The van der Waals surface area contributed by atoms with Crippen molar-refractivity contribution < 1.29 is 49.6 Å². The fourth-order valence-corrected chi connectivity index (χ4v) is 3.44. The minimum absolute atomic E-state index is 0.0377. The van der Waals surface area contributed by atoms with Crippen LogP contribution in [0.4, 0.5) is 0 Å². The summed E-state index contributed by atoms with van der Waals surface area (Å²) in [6.07, 6.45) is -7.67. The Bertz CT molecular complexity index is 1190. The minimum atomic E-state index is -1.69. The van der Waals surface area contributed by atoms with Gasteiger partial charge in [0.1, 0.15) is 52.6 Å². The molecule has 0 spiro atoms. The zero-order chi connectivity index (χ0) is 23.2. The number of hydrogen-bond acceptors (Lipinski definition) is 11. The first-order valence-corrected chi connectivity index (χ1v) is 9.50. The summed E-state index contributed by atoms with van der Waals surface area (Å²) in [5.74, 6) is -1.73. The lowest BCUT2D eigenvalue weighted by Gasteiger charge is -2.39. The molecule has 32 heavy (non-hydrogen) atoms. The largest absolute Gasteiger partial charge is 0.508 e. The van der Waals surface area contributed by atoms with Gasteiger partial charge in [-0.25, -0.2) is 0 Å². The molecule has 0 unspecified atom stereocenters. The van der Waals surface area contributed by atoms with E-state index in [-0.39, 0.29) is 33.8 Å². The number of aliphatic hydroxyl groups is 4. The van der Waals surface area contributed by atoms with Crippen molar-refractivity contribution in [2.24, 2.45) is 0 Å². The first-order valence-electron chi connectivity index (χ1n) is 9.50. The highest BCUT2D eigenvalue weighted by molar-refractivity contribution is 5.88. The number of rotatable bonds is 4. The van der Waals surface area contributed by atoms with E-state index in [1.807, 2.05) is 0 Å². The van der Waals surface area contributed by atoms with Gasteiger partial charge >= 0.3 is 0 Å². The second-order valence-electron chi connectivity index (χ2n) is 7.29. The fraction of sp³-hybridized carbons (Fsp3) is 0.286. The van der Waals surface area contributed by atoms with Gasteiger partial charge in [0.25, 0.3) is 0 Å². The van der Waals surface area contributed by atoms with Gasteiger partial charge in [0, 0.05) is 17.7 Å². The van der Waals surface area contributed by atoms with Gasteiger partial charge in [-0.1, -0.05) is 0 Å². The van der Waals surface area contributed by atoms with E-state index in [1.54, 1.807) is 0 Å². The zero-order valence-corrected chi connectivity index (χ0v) is 16.3. The van der Waals surface area contributed by atoms with Crippen LogP contribution in [0.5, 0.6) is 23.0 Å². The molecule has 0 aliphatic carbocycles. The Hall–Kier alpha value is -3.35. The quantitative estimate of drug-likeness (QED) is 0.279. The molecule has 0 bridgehead atoms. The maximum atomic E-state index is 12.6. The molecule has 0 amide bonds. The summed E-state index contributed by atoms with van der Waals surface area (Å²) in [6.45, 7) is -0.655. The van der Waals surface area contributed by atoms with Crippen molar-refractivity contribution in [2.75, 3.05) is 6.61 Å². The molecule has 3 aromatic rings. The van der Waals surface area contributed by atoms with E-state index in [2.05, 4.69) is 0 Å². The van der Waals surface area contributed by atoms with E-state index < -0.39 is 54.2 Å². The zero-order valence-electron chi connectivity index (χ0n) is 16.3. The highest BCUT2D eigenvalue weighted by atomic mass is 16.7. The summed E-state index contributed by atoms with van der Waals surface area (Å²) in [7, 11) is 0. The molecule has 2 aromatic carbocycles. The van der Waals surface area contributed by atoms with Gasteiger partial charge in [0.15, 0.2) is 5.76 Å². The molecule has 1 aliphatic heterocycles. The third kappa shape index (κ3) is 3.72. The molecule has 1 saturated heterocycles. The van der Waals surface area contributed by atoms with Crippen LogP contribution in [-0.2, 0) is 4.74 Å². The Morgan fingerprint density at radius 2 is 1.62 bits per heavy atom. The van der Waals surface area contributed by atoms with Crippen molar-refractivity contribution in [3.8, 4) is 34.3 Å². The van der Waals surface area contributed by atoms with Gasteiger partial charge in [-0.05, 0) is 24.3 Å². The van der Waals surface area contributed by atoms with Crippen LogP contribution in [0.1, 0.15) is 0 Å². The lowest BCUT2D eigenvalue weighted by atomic mass is 9.99. The van der Waals surface area contributed by atoms with Crippen LogP contribution in [-0.4, -0.2) is 73.1 Å². The molecule has 170 valence electrons. The van der Waals surface area contributed by atoms with Crippen LogP contribution in [0.3, 0.4) is 0 Å². The molecule has 5 atom stereocenters. The van der Waals surface area contributed by atoms with Crippen molar-refractivity contribution in [3.63, 3.8) is 0 Å². The Kier molecular flexibility index (Phi) is 5.67. The number of phenolic OH excluding ortho intramolecular Hbond substituents is 2. The second-order valence-corrected chi connectivity index (χ2v) is 7.29. The lowest BCUT2D eigenvalue weighted by molar-refractivity contribution is -0.277. The van der Waals surface area contributed by atoms with Crippen molar-refractivity contribution in [3.05, 3.63) is 46.6 Å². The first-order chi connectivity index (χ1) is 15.2. The number of ether oxygens (including phenoxy) is 2. The van der Waals surface area contributed by atoms with Crippen molar-refractivity contribution in [1.29, 1.82) is 0 Å². The maximum absolute atomic E-state index is 12.6. The Morgan fingerprint density at radius 3 is 2.28 bits per heavy atom. The average Bonchev–Trinajstić information content (AvgIpc) is 2.77. The summed E-state index contributed by atoms with van der Waals surface area (Å²) in [4.78, 5) is 12.6. The van der Waals surface area contributed by atoms with Gasteiger partial charge in [-0.3, -0.25) is 4.79 Å². The van der Waals surface area contributed by atoms with Crippen LogP contribution >= 0.6 is 0 Å². The molecule has 7 N–H and O–H groups in total. The topological polar surface area (TPSA) is 190 Å². The smallest absolute Gasteiger partial charge is 0.238 e. The predicted molar refractivity (Wildman–Crippen MR) is 107 cm³/mol. The summed E-state index contributed by atoms with van der Waals surface area (Å²) >= 11 is 0. The molecule has 0 radical (unpaired) electrons. The molecule has 1 aliphatic rings.